The Morgan fingerprint density at radius 3 is 2.78 bits per heavy atom. The maximum atomic E-state index is 10.1. The topological polar surface area (TPSA) is 33.4 Å². The number of aliphatic hydroxyl groups excluding tert-OH is 1. The molecule has 0 bridgehead atoms. The molecule has 0 amide bonds. The number of thioether (sulfide) groups is 1. The number of rotatable bonds is 5. The van der Waals surface area contributed by atoms with E-state index in [1.54, 1.807) is 17.8 Å². The van der Waals surface area contributed by atoms with Crippen molar-refractivity contribution in [2.24, 2.45) is 5.92 Å². The Morgan fingerprint density at radius 1 is 1.28 bits per heavy atom. The van der Waals surface area contributed by atoms with Crippen LogP contribution in [-0.2, 0) is 0 Å². The Bertz CT molecular complexity index is 521. The molecule has 0 saturated heterocycles. The van der Waals surface area contributed by atoms with E-state index in [4.69, 9.17) is 16.0 Å². The zero-order valence-corrected chi connectivity index (χ0v) is 12.1. The van der Waals surface area contributed by atoms with Crippen LogP contribution in [0, 0.1) is 5.92 Å². The van der Waals surface area contributed by atoms with Gasteiger partial charge >= 0.3 is 0 Å². The number of halogens is 1. The van der Waals surface area contributed by atoms with Crippen molar-refractivity contribution in [3.8, 4) is 0 Å². The lowest BCUT2D eigenvalue weighted by atomic mass is 10.2. The Balaban J connectivity index is 2.06. The number of furan rings is 1. The van der Waals surface area contributed by atoms with Gasteiger partial charge in [-0.3, -0.25) is 0 Å². The summed E-state index contributed by atoms with van der Waals surface area (Å²) < 4.78 is 5.62. The summed E-state index contributed by atoms with van der Waals surface area (Å²) in [6.07, 6.45) is -0.556. The minimum absolute atomic E-state index is 0.556. The molecular formula is C14H17ClO2S. The SMILES string of the molecule is CC(C)CSCC(O)c1cc2cc(Cl)ccc2o1. The van der Waals surface area contributed by atoms with Gasteiger partial charge in [0.2, 0.25) is 0 Å². The molecular weight excluding hydrogens is 268 g/mol. The fraction of sp³-hybridized carbons (Fsp3) is 0.429. The zero-order valence-electron chi connectivity index (χ0n) is 10.5. The Morgan fingerprint density at radius 2 is 2.06 bits per heavy atom. The van der Waals surface area contributed by atoms with Crippen LogP contribution in [0.2, 0.25) is 5.02 Å². The van der Waals surface area contributed by atoms with Gasteiger partial charge in [0, 0.05) is 16.2 Å². The second-order valence-corrected chi connectivity index (χ2v) is 6.29. The fourth-order valence-electron chi connectivity index (χ4n) is 1.70. The third kappa shape index (κ3) is 3.44. The van der Waals surface area contributed by atoms with Gasteiger partial charge in [0.1, 0.15) is 17.4 Å². The molecule has 18 heavy (non-hydrogen) atoms. The second-order valence-electron chi connectivity index (χ2n) is 4.78. The molecule has 0 aliphatic carbocycles. The summed E-state index contributed by atoms with van der Waals surface area (Å²) in [4.78, 5) is 0. The van der Waals surface area contributed by atoms with Crippen LogP contribution in [0.4, 0.5) is 0 Å². The first-order chi connectivity index (χ1) is 8.56. The van der Waals surface area contributed by atoms with Gasteiger partial charge in [-0.2, -0.15) is 11.8 Å². The van der Waals surface area contributed by atoms with Crippen LogP contribution in [0.5, 0.6) is 0 Å². The molecule has 1 aromatic carbocycles. The number of fused-ring (bicyclic) bond motifs is 1. The molecule has 0 aliphatic heterocycles. The molecule has 1 aromatic heterocycles. The van der Waals surface area contributed by atoms with Gasteiger partial charge in [0.25, 0.3) is 0 Å². The van der Waals surface area contributed by atoms with Gasteiger partial charge in [-0.25, -0.2) is 0 Å². The molecule has 4 heteroatoms. The smallest absolute Gasteiger partial charge is 0.134 e. The minimum Gasteiger partial charge on any atom is -0.458 e. The molecule has 0 saturated carbocycles. The fourth-order valence-corrected chi connectivity index (χ4v) is 2.87. The number of hydrogen-bond acceptors (Lipinski definition) is 3. The third-order valence-electron chi connectivity index (χ3n) is 2.55. The predicted molar refractivity (Wildman–Crippen MR) is 78.3 cm³/mol. The molecule has 0 aliphatic rings. The van der Waals surface area contributed by atoms with E-state index in [-0.39, 0.29) is 0 Å². The largest absolute Gasteiger partial charge is 0.458 e. The van der Waals surface area contributed by atoms with E-state index < -0.39 is 6.10 Å². The van der Waals surface area contributed by atoms with Crippen molar-refractivity contribution in [3.05, 3.63) is 35.0 Å². The third-order valence-corrected chi connectivity index (χ3v) is 4.24. The van der Waals surface area contributed by atoms with Crippen molar-refractivity contribution in [2.45, 2.75) is 20.0 Å². The van der Waals surface area contributed by atoms with Crippen molar-refractivity contribution >= 4 is 34.3 Å². The predicted octanol–water partition coefficient (Wildman–Crippen LogP) is 4.51. The van der Waals surface area contributed by atoms with Gasteiger partial charge in [-0.15, -0.1) is 0 Å². The van der Waals surface area contributed by atoms with Crippen LogP contribution in [0.3, 0.4) is 0 Å². The zero-order chi connectivity index (χ0) is 13.1. The summed E-state index contributed by atoms with van der Waals surface area (Å²) in [6, 6.07) is 7.33. The molecule has 1 heterocycles. The van der Waals surface area contributed by atoms with E-state index in [0.717, 1.165) is 16.7 Å². The molecule has 0 spiro atoms. The van der Waals surface area contributed by atoms with Crippen LogP contribution < -0.4 is 0 Å². The first-order valence-electron chi connectivity index (χ1n) is 6.01. The first kappa shape index (κ1) is 13.8. The minimum atomic E-state index is -0.556. The number of hydrogen-bond donors (Lipinski definition) is 1. The molecule has 2 aromatic rings. The van der Waals surface area contributed by atoms with Crippen molar-refractivity contribution in [1.29, 1.82) is 0 Å². The highest BCUT2D eigenvalue weighted by molar-refractivity contribution is 7.99. The van der Waals surface area contributed by atoms with Crippen molar-refractivity contribution in [1.82, 2.24) is 0 Å². The van der Waals surface area contributed by atoms with E-state index >= 15 is 0 Å². The summed E-state index contributed by atoms with van der Waals surface area (Å²) in [5.74, 6) is 2.95. The lowest BCUT2D eigenvalue weighted by molar-refractivity contribution is 0.176. The maximum Gasteiger partial charge on any atom is 0.134 e. The summed E-state index contributed by atoms with van der Waals surface area (Å²) >= 11 is 7.66. The number of benzene rings is 1. The van der Waals surface area contributed by atoms with E-state index in [1.807, 2.05) is 18.2 Å². The summed E-state index contributed by atoms with van der Waals surface area (Å²) in [5, 5.41) is 11.7. The standard InChI is InChI=1S/C14H17ClO2S/c1-9(2)7-18-8-12(16)14-6-10-5-11(15)3-4-13(10)17-14/h3-6,9,12,16H,7-8H2,1-2H3. The Hall–Kier alpha value is -0.640. The van der Waals surface area contributed by atoms with Gasteiger partial charge < -0.3 is 9.52 Å². The van der Waals surface area contributed by atoms with Gasteiger partial charge in [0.05, 0.1) is 0 Å². The highest BCUT2D eigenvalue weighted by Gasteiger charge is 2.13. The number of aliphatic hydroxyl groups is 1. The summed E-state index contributed by atoms with van der Waals surface area (Å²) in [5.41, 5.74) is 0.766. The summed E-state index contributed by atoms with van der Waals surface area (Å²) in [7, 11) is 0. The molecule has 1 unspecified atom stereocenters. The highest BCUT2D eigenvalue weighted by Crippen LogP contribution is 2.28. The first-order valence-corrected chi connectivity index (χ1v) is 7.54. The summed E-state index contributed by atoms with van der Waals surface area (Å²) in [6.45, 7) is 4.34. The lowest BCUT2D eigenvalue weighted by Gasteiger charge is -2.08. The Labute approximate surface area is 116 Å². The van der Waals surface area contributed by atoms with Crippen molar-refractivity contribution < 1.29 is 9.52 Å². The molecule has 1 N–H and O–H groups in total. The van der Waals surface area contributed by atoms with Gasteiger partial charge in [-0.1, -0.05) is 25.4 Å². The average Bonchev–Trinajstić information content (AvgIpc) is 2.71. The van der Waals surface area contributed by atoms with Crippen molar-refractivity contribution in [2.75, 3.05) is 11.5 Å². The molecule has 2 nitrogen and oxygen atoms in total. The van der Waals surface area contributed by atoms with Gasteiger partial charge in [-0.05, 0) is 35.9 Å². The molecule has 0 fully saturated rings. The van der Waals surface area contributed by atoms with Crippen molar-refractivity contribution in [3.63, 3.8) is 0 Å². The Kier molecular flexibility index (Phi) is 4.60. The van der Waals surface area contributed by atoms with Gasteiger partial charge in [0.15, 0.2) is 0 Å². The van der Waals surface area contributed by atoms with Crippen LogP contribution >= 0.6 is 23.4 Å². The molecule has 98 valence electrons. The molecule has 2 rings (SSSR count). The monoisotopic (exact) mass is 284 g/mol. The van der Waals surface area contributed by atoms with Crippen LogP contribution in [0.1, 0.15) is 25.7 Å². The molecule has 1 atom stereocenters. The van der Waals surface area contributed by atoms with E-state index in [9.17, 15) is 5.11 Å². The second kappa shape index (κ2) is 6.00. The van der Waals surface area contributed by atoms with E-state index in [1.165, 1.54) is 0 Å². The molecule has 0 radical (unpaired) electrons. The average molecular weight is 285 g/mol. The van der Waals surface area contributed by atoms with Crippen LogP contribution in [-0.4, -0.2) is 16.6 Å². The van der Waals surface area contributed by atoms with Crippen LogP contribution in [0.15, 0.2) is 28.7 Å². The van der Waals surface area contributed by atoms with E-state index in [2.05, 4.69) is 13.8 Å². The van der Waals surface area contributed by atoms with E-state index in [0.29, 0.717) is 22.5 Å². The highest BCUT2D eigenvalue weighted by atomic mass is 35.5. The van der Waals surface area contributed by atoms with Crippen LogP contribution in [0.25, 0.3) is 11.0 Å². The normalized spacial score (nSPS) is 13.4. The quantitative estimate of drug-likeness (QED) is 0.877. The maximum absolute atomic E-state index is 10.1. The lowest BCUT2D eigenvalue weighted by Crippen LogP contribution is -2.01.